The smallest absolute Gasteiger partial charge is 0.255 e. The van der Waals surface area contributed by atoms with Crippen molar-refractivity contribution in [3.63, 3.8) is 0 Å². The summed E-state index contributed by atoms with van der Waals surface area (Å²) in [5, 5.41) is 2.92. The first-order chi connectivity index (χ1) is 7.60. The third-order valence-electron chi connectivity index (χ3n) is 2.84. The topological polar surface area (TPSA) is 45.2 Å². The molecule has 0 saturated carbocycles. The summed E-state index contributed by atoms with van der Waals surface area (Å²) >= 11 is 0. The maximum atomic E-state index is 12.0. The predicted molar refractivity (Wildman–Crippen MR) is 65.6 cm³/mol. The molecule has 1 atom stereocenters. The molecule has 1 heterocycles. The highest BCUT2D eigenvalue weighted by Crippen LogP contribution is 2.09. The van der Waals surface area contributed by atoms with E-state index in [2.05, 4.69) is 17.2 Å². The van der Waals surface area contributed by atoms with Crippen LogP contribution in [0.25, 0.3) is 0 Å². The molecule has 16 heavy (non-hydrogen) atoms. The van der Waals surface area contributed by atoms with Gasteiger partial charge in [-0.1, -0.05) is 6.92 Å². The van der Waals surface area contributed by atoms with E-state index < -0.39 is 0 Å². The van der Waals surface area contributed by atoms with Crippen LogP contribution in [0.5, 0.6) is 0 Å². The molecule has 1 amide bonds. The van der Waals surface area contributed by atoms with Crippen molar-refractivity contribution in [3.8, 4) is 0 Å². The molecule has 0 aliphatic rings. The molecule has 4 nitrogen and oxygen atoms in total. The Kier molecular flexibility index (Phi) is 4.28. The Morgan fingerprint density at radius 3 is 2.69 bits per heavy atom. The highest BCUT2D eigenvalue weighted by atomic mass is 16.2. The number of nitrogens with one attached hydrogen (secondary N) is 1. The van der Waals surface area contributed by atoms with Gasteiger partial charge in [0, 0.05) is 26.3 Å². The highest BCUT2D eigenvalue weighted by Gasteiger charge is 2.16. The zero-order valence-corrected chi connectivity index (χ0v) is 10.3. The first kappa shape index (κ1) is 12.5. The third kappa shape index (κ3) is 2.72. The minimum Gasteiger partial charge on any atom is -0.373 e. The first-order valence-corrected chi connectivity index (χ1v) is 5.51. The summed E-state index contributed by atoms with van der Waals surface area (Å²) in [6.07, 6.45) is 2.55. The van der Waals surface area contributed by atoms with Crippen LogP contribution in [0, 0.1) is 0 Å². The van der Waals surface area contributed by atoms with Gasteiger partial charge >= 0.3 is 0 Å². The number of amides is 1. The molecule has 1 aromatic heterocycles. The van der Waals surface area contributed by atoms with Gasteiger partial charge in [-0.2, -0.15) is 0 Å². The first-order valence-electron chi connectivity index (χ1n) is 5.51. The van der Waals surface area contributed by atoms with E-state index in [0.717, 1.165) is 12.2 Å². The van der Waals surface area contributed by atoms with Crippen molar-refractivity contribution in [1.82, 2.24) is 9.88 Å². The average molecular weight is 221 g/mol. The zero-order valence-electron chi connectivity index (χ0n) is 10.3. The van der Waals surface area contributed by atoms with E-state index in [1.165, 1.54) is 0 Å². The van der Waals surface area contributed by atoms with Crippen molar-refractivity contribution in [3.05, 3.63) is 23.9 Å². The number of carbonyl (C=O) groups is 1. The van der Waals surface area contributed by atoms with E-state index in [9.17, 15) is 4.79 Å². The van der Waals surface area contributed by atoms with E-state index in [-0.39, 0.29) is 11.9 Å². The van der Waals surface area contributed by atoms with Gasteiger partial charge in [-0.05, 0) is 25.5 Å². The lowest BCUT2D eigenvalue weighted by atomic mass is 10.2. The molecule has 0 saturated heterocycles. The molecule has 88 valence electrons. The van der Waals surface area contributed by atoms with Gasteiger partial charge in [0.2, 0.25) is 0 Å². The Balaban J connectivity index is 2.80. The fraction of sp³-hybridized carbons (Fsp3) is 0.500. The molecule has 0 aliphatic heterocycles. The number of pyridine rings is 1. The van der Waals surface area contributed by atoms with E-state index >= 15 is 0 Å². The molecule has 0 radical (unpaired) electrons. The maximum Gasteiger partial charge on any atom is 0.255 e. The molecule has 1 unspecified atom stereocenters. The van der Waals surface area contributed by atoms with Gasteiger partial charge < -0.3 is 10.2 Å². The van der Waals surface area contributed by atoms with Gasteiger partial charge in [-0.25, -0.2) is 4.98 Å². The average Bonchev–Trinajstić information content (AvgIpc) is 2.36. The summed E-state index contributed by atoms with van der Waals surface area (Å²) in [4.78, 5) is 17.9. The summed E-state index contributed by atoms with van der Waals surface area (Å²) in [5.74, 6) is 0.784. The lowest BCUT2D eigenvalue weighted by Crippen LogP contribution is -2.34. The van der Waals surface area contributed by atoms with Gasteiger partial charge in [0.1, 0.15) is 5.82 Å². The van der Waals surface area contributed by atoms with Gasteiger partial charge in [0.05, 0.1) is 5.56 Å². The Morgan fingerprint density at radius 1 is 1.56 bits per heavy atom. The lowest BCUT2D eigenvalue weighted by Gasteiger charge is -2.23. The summed E-state index contributed by atoms with van der Waals surface area (Å²) in [5.41, 5.74) is 0.627. The molecule has 0 aromatic carbocycles. The van der Waals surface area contributed by atoms with E-state index in [1.807, 2.05) is 14.0 Å². The second-order valence-corrected chi connectivity index (χ2v) is 3.86. The van der Waals surface area contributed by atoms with Gasteiger partial charge in [-0.3, -0.25) is 4.79 Å². The van der Waals surface area contributed by atoms with Gasteiger partial charge in [-0.15, -0.1) is 0 Å². The zero-order chi connectivity index (χ0) is 12.1. The van der Waals surface area contributed by atoms with Crippen LogP contribution in [0.15, 0.2) is 18.3 Å². The van der Waals surface area contributed by atoms with E-state index in [1.54, 1.807) is 30.3 Å². The van der Waals surface area contributed by atoms with Crippen molar-refractivity contribution in [2.24, 2.45) is 0 Å². The molecule has 0 aliphatic carbocycles. The number of nitrogens with zero attached hydrogens (tertiary/aromatic N) is 2. The second kappa shape index (κ2) is 5.49. The fourth-order valence-corrected chi connectivity index (χ4v) is 1.35. The molecule has 1 N–H and O–H groups in total. The molecule has 1 aromatic rings. The quantitative estimate of drug-likeness (QED) is 0.845. The van der Waals surface area contributed by atoms with Crippen LogP contribution in [0.3, 0.4) is 0 Å². The van der Waals surface area contributed by atoms with Crippen molar-refractivity contribution >= 4 is 11.7 Å². The molecule has 1 rings (SSSR count). The molecular formula is C12H19N3O. The van der Waals surface area contributed by atoms with Crippen LogP contribution < -0.4 is 5.32 Å². The minimum absolute atomic E-state index is 0.0181. The van der Waals surface area contributed by atoms with Crippen LogP contribution in [0.4, 0.5) is 5.82 Å². The lowest BCUT2D eigenvalue weighted by molar-refractivity contribution is 0.0740. The Bertz CT molecular complexity index is 348. The van der Waals surface area contributed by atoms with Crippen molar-refractivity contribution in [1.29, 1.82) is 0 Å². The molecular weight excluding hydrogens is 202 g/mol. The Morgan fingerprint density at radius 2 is 2.25 bits per heavy atom. The summed E-state index contributed by atoms with van der Waals surface area (Å²) in [6, 6.07) is 3.84. The fourth-order valence-electron chi connectivity index (χ4n) is 1.35. The highest BCUT2D eigenvalue weighted by molar-refractivity contribution is 5.94. The van der Waals surface area contributed by atoms with Crippen molar-refractivity contribution in [2.75, 3.05) is 19.4 Å². The number of hydrogen-bond acceptors (Lipinski definition) is 3. The second-order valence-electron chi connectivity index (χ2n) is 3.86. The van der Waals surface area contributed by atoms with Crippen molar-refractivity contribution in [2.45, 2.75) is 26.3 Å². The maximum absolute atomic E-state index is 12.0. The van der Waals surface area contributed by atoms with Crippen LogP contribution in [-0.4, -0.2) is 35.9 Å². The predicted octanol–water partition coefficient (Wildman–Crippen LogP) is 1.99. The standard InChI is InChI=1S/C12H19N3O/c1-5-9(2)15(4)12(16)10-6-7-11(13-3)14-8-10/h6-9H,5H2,1-4H3,(H,13,14). The normalized spacial score (nSPS) is 12.0. The number of anilines is 1. The summed E-state index contributed by atoms with van der Waals surface area (Å²) in [7, 11) is 3.62. The van der Waals surface area contributed by atoms with Crippen LogP contribution in [0.2, 0.25) is 0 Å². The van der Waals surface area contributed by atoms with Crippen LogP contribution in [0.1, 0.15) is 30.6 Å². The number of hydrogen-bond donors (Lipinski definition) is 1. The largest absolute Gasteiger partial charge is 0.373 e. The monoisotopic (exact) mass is 221 g/mol. The van der Waals surface area contributed by atoms with E-state index in [0.29, 0.717) is 5.56 Å². The van der Waals surface area contributed by atoms with Gasteiger partial charge in [0.15, 0.2) is 0 Å². The Labute approximate surface area is 96.7 Å². The van der Waals surface area contributed by atoms with Crippen molar-refractivity contribution < 1.29 is 4.79 Å². The van der Waals surface area contributed by atoms with Crippen LogP contribution >= 0.6 is 0 Å². The van der Waals surface area contributed by atoms with Crippen LogP contribution in [-0.2, 0) is 0 Å². The van der Waals surface area contributed by atoms with Gasteiger partial charge in [0.25, 0.3) is 5.91 Å². The number of rotatable bonds is 4. The SMILES string of the molecule is CCC(C)N(C)C(=O)c1ccc(NC)nc1. The minimum atomic E-state index is 0.0181. The summed E-state index contributed by atoms with van der Waals surface area (Å²) in [6.45, 7) is 4.10. The Hall–Kier alpha value is -1.58. The number of carbonyl (C=O) groups excluding carboxylic acids is 1. The molecule has 0 bridgehead atoms. The molecule has 0 spiro atoms. The number of aromatic nitrogens is 1. The molecule has 0 fully saturated rings. The van der Waals surface area contributed by atoms with E-state index in [4.69, 9.17) is 0 Å². The third-order valence-corrected chi connectivity index (χ3v) is 2.84. The molecule has 4 heteroatoms. The summed E-state index contributed by atoms with van der Waals surface area (Å²) < 4.78 is 0.